The summed E-state index contributed by atoms with van der Waals surface area (Å²) in [4.78, 5) is 50.4. The summed E-state index contributed by atoms with van der Waals surface area (Å²) in [6.45, 7) is 6.08. The van der Waals surface area contributed by atoms with Crippen molar-refractivity contribution in [2.24, 2.45) is 17.8 Å². The van der Waals surface area contributed by atoms with Gasteiger partial charge in [0.05, 0.1) is 0 Å². The van der Waals surface area contributed by atoms with E-state index in [9.17, 15) is 24.3 Å². The molecule has 0 aromatic rings. The minimum Gasteiger partial charge on any atom is -0.480 e. The van der Waals surface area contributed by atoms with Gasteiger partial charge in [0.2, 0.25) is 17.7 Å². The van der Waals surface area contributed by atoms with Crippen molar-refractivity contribution < 1.29 is 24.3 Å². The normalized spacial score (nSPS) is 25.7. The van der Waals surface area contributed by atoms with Crippen LogP contribution >= 0.6 is 0 Å². The van der Waals surface area contributed by atoms with Gasteiger partial charge in [-0.05, 0) is 44.4 Å². The number of hydrogen-bond acceptors (Lipinski definition) is 4. The third-order valence-corrected chi connectivity index (χ3v) is 6.39. The number of carbonyl (C=O) groups is 4. The Bertz CT molecular complexity index is 692. The number of carboxylic acids is 1. The molecule has 1 heterocycles. The predicted molar refractivity (Wildman–Crippen MR) is 133 cm³/mol. The fraction of sp³-hybridized carbons (Fsp3) is 0.769. The Morgan fingerprint density at radius 3 is 2.41 bits per heavy atom. The van der Waals surface area contributed by atoms with Gasteiger partial charge in [0.1, 0.15) is 12.1 Å². The van der Waals surface area contributed by atoms with Gasteiger partial charge in [-0.2, -0.15) is 0 Å². The van der Waals surface area contributed by atoms with Crippen LogP contribution in [0.3, 0.4) is 0 Å². The van der Waals surface area contributed by atoms with Crippen molar-refractivity contribution >= 4 is 23.7 Å². The first-order chi connectivity index (χ1) is 16.2. The summed E-state index contributed by atoms with van der Waals surface area (Å²) in [6, 6.07) is -2.03. The average Bonchev–Trinajstić information content (AvgIpc) is 2.78. The third-order valence-electron chi connectivity index (χ3n) is 6.39. The van der Waals surface area contributed by atoms with Gasteiger partial charge in [-0.3, -0.25) is 14.4 Å². The second-order valence-electron chi connectivity index (χ2n) is 9.82. The quantitative estimate of drug-likeness (QED) is 0.282. The number of unbranched alkanes of at least 4 members (excludes halogenated alkanes) is 4. The lowest BCUT2D eigenvalue weighted by atomic mass is 9.91. The van der Waals surface area contributed by atoms with Crippen molar-refractivity contribution in [2.45, 2.75) is 103 Å². The van der Waals surface area contributed by atoms with E-state index in [-0.39, 0.29) is 30.1 Å². The molecule has 0 radical (unpaired) electrons. The smallest absolute Gasteiger partial charge is 0.326 e. The SMILES string of the molecule is CCCCCCCC1CC/C=C\CC(C(=O)NC)C[C@@H](C(=O)O)NC(=O)[C@H](CC(C)C)NC1=O. The molecule has 1 aliphatic heterocycles. The summed E-state index contributed by atoms with van der Waals surface area (Å²) in [6.07, 6.45) is 12.3. The molecule has 0 bridgehead atoms. The Morgan fingerprint density at radius 1 is 1.09 bits per heavy atom. The van der Waals surface area contributed by atoms with Crippen LogP contribution in [-0.2, 0) is 19.2 Å². The summed E-state index contributed by atoms with van der Waals surface area (Å²) < 4.78 is 0. The van der Waals surface area contributed by atoms with Crippen molar-refractivity contribution in [1.29, 1.82) is 0 Å². The van der Waals surface area contributed by atoms with E-state index in [1.54, 1.807) is 0 Å². The Balaban J connectivity index is 3.12. The van der Waals surface area contributed by atoms with E-state index in [0.29, 0.717) is 25.7 Å². The number of hydrogen-bond donors (Lipinski definition) is 4. The molecule has 0 aliphatic carbocycles. The molecule has 0 spiro atoms. The molecule has 0 saturated heterocycles. The zero-order chi connectivity index (χ0) is 25.5. The molecule has 194 valence electrons. The van der Waals surface area contributed by atoms with Crippen molar-refractivity contribution in [2.75, 3.05) is 7.05 Å². The highest BCUT2D eigenvalue weighted by molar-refractivity contribution is 5.91. The lowest BCUT2D eigenvalue weighted by molar-refractivity contribution is -0.143. The van der Waals surface area contributed by atoms with Gasteiger partial charge in [-0.25, -0.2) is 4.79 Å². The molecule has 0 aromatic heterocycles. The Hall–Kier alpha value is -2.38. The summed E-state index contributed by atoms with van der Waals surface area (Å²) in [5.41, 5.74) is 0. The van der Waals surface area contributed by atoms with Gasteiger partial charge < -0.3 is 21.1 Å². The van der Waals surface area contributed by atoms with Crippen molar-refractivity contribution in [3.05, 3.63) is 12.2 Å². The van der Waals surface area contributed by atoms with E-state index in [4.69, 9.17) is 0 Å². The number of allylic oxidation sites excluding steroid dienone is 2. The Labute approximate surface area is 204 Å². The van der Waals surface area contributed by atoms with Crippen molar-refractivity contribution in [3.63, 3.8) is 0 Å². The lowest BCUT2D eigenvalue weighted by Gasteiger charge is -2.26. The number of carboxylic acid groups (broad SMARTS) is 1. The zero-order valence-corrected chi connectivity index (χ0v) is 21.4. The maximum Gasteiger partial charge on any atom is 0.326 e. The predicted octanol–water partition coefficient (Wildman–Crippen LogP) is 3.56. The molecular weight excluding hydrogens is 434 g/mol. The lowest BCUT2D eigenvalue weighted by Crippen LogP contribution is -2.53. The van der Waals surface area contributed by atoms with Crippen molar-refractivity contribution in [3.8, 4) is 0 Å². The van der Waals surface area contributed by atoms with Crippen LogP contribution in [0.2, 0.25) is 0 Å². The standard InChI is InChI=1S/C26H45N3O5/c1-5-6-7-8-10-13-19-14-11-9-12-15-20(23(30)27-4)17-22(26(33)34)29-25(32)21(16-18(2)3)28-24(19)31/h9,12,18-22H,5-8,10-11,13-17H2,1-4H3,(H,27,30)(H,28,31)(H,29,32)(H,33,34)/b12-9-/t19?,20?,21-,22-/m0/s1. The maximum atomic E-state index is 13.2. The highest BCUT2D eigenvalue weighted by atomic mass is 16.4. The van der Waals surface area contributed by atoms with Gasteiger partial charge >= 0.3 is 5.97 Å². The van der Waals surface area contributed by atoms with Crippen LogP contribution < -0.4 is 16.0 Å². The van der Waals surface area contributed by atoms with Crippen LogP contribution in [0.15, 0.2) is 12.2 Å². The number of nitrogens with one attached hydrogen (secondary N) is 3. The van der Waals surface area contributed by atoms with Gasteiger partial charge in [0.25, 0.3) is 0 Å². The fourth-order valence-electron chi connectivity index (χ4n) is 4.36. The monoisotopic (exact) mass is 479 g/mol. The van der Waals surface area contributed by atoms with Gasteiger partial charge in [-0.1, -0.05) is 65.0 Å². The molecule has 1 rings (SSSR count). The molecule has 34 heavy (non-hydrogen) atoms. The van der Waals surface area contributed by atoms with E-state index in [0.717, 1.165) is 32.1 Å². The summed E-state index contributed by atoms with van der Waals surface area (Å²) in [5.74, 6) is -2.75. The highest BCUT2D eigenvalue weighted by Crippen LogP contribution is 2.20. The molecule has 0 aromatic carbocycles. The van der Waals surface area contributed by atoms with Crippen LogP contribution in [-0.4, -0.2) is 47.9 Å². The molecule has 2 unspecified atom stereocenters. The largest absolute Gasteiger partial charge is 0.480 e. The van der Waals surface area contributed by atoms with E-state index >= 15 is 0 Å². The molecule has 8 nitrogen and oxygen atoms in total. The van der Waals surface area contributed by atoms with Gasteiger partial charge in [0.15, 0.2) is 0 Å². The Morgan fingerprint density at radius 2 is 1.79 bits per heavy atom. The summed E-state index contributed by atoms with van der Waals surface area (Å²) >= 11 is 0. The summed E-state index contributed by atoms with van der Waals surface area (Å²) in [5, 5.41) is 17.8. The molecule has 0 saturated carbocycles. The second-order valence-corrected chi connectivity index (χ2v) is 9.82. The van der Waals surface area contributed by atoms with E-state index in [1.165, 1.54) is 13.5 Å². The summed E-state index contributed by atoms with van der Waals surface area (Å²) in [7, 11) is 1.52. The number of amides is 3. The number of carbonyl (C=O) groups excluding carboxylic acids is 3. The molecular formula is C26H45N3O5. The zero-order valence-electron chi connectivity index (χ0n) is 21.4. The topological polar surface area (TPSA) is 125 Å². The van der Waals surface area contributed by atoms with E-state index in [1.807, 2.05) is 26.0 Å². The van der Waals surface area contributed by atoms with Crippen LogP contribution in [0.25, 0.3) is 0 Å². The molecule has 3 amide bonds. The highest BCUT2D eigenvalue weighted by Gasteiger charge is 2.32. The van der Waals surface area contributed by atoms with Gasteiger partial charge in [-0.15, -0.1) is 0 Å². The molecule has 4 atom stereocenters. The minimum atomic E-state index is -1.22. The first kappa shape index (κ1) is 29.7. The van der Waals surface area contributed by atoms with Crippen LogP contribution in [0.5, 0.6) is 0 Å². The van der Waals surface area contributed by atoms with Crippen LogP contribution in [0.4, 0.5) is 0 Å². The second kappa shape index (κ2) is 16.3. The molecule has 1 aliphatic rings. The van der Waals surface area contributed by atoms with Gasteiger partial charge in [0, 0.05) is 18.9 Å². The van der Waals surface area contributed by atoms with E-state index < -0.39 is 29.9 Å². The molecule has 0 fully saturated rings. The number of rotatable bonds is 10. The van der Waals surface area contributed by atoms with E-state index in [2.05, 4.69) is 22.9 Å². The fourth-order valence-corrected chi connectivity index (χ4v) is 4.36. The first-order valence-electron chi connectivity index (χ1n) is 12.9. The maximum absolute atomic E-state index is 13.2. The molecule has 8 heteroatoms. The average molecular weight is 480 g/mol. The molecule has 4 N–H and O–H groups in total. The third kappa shape index (κ3) is 11.2. The minimum absolute atomic E-state index is 0.0200. The van der Waals surface area contributed by atoms with Crippen LogP contribution in [0, 0.1) is 17.8 Å². The van der Waals surface area contributed by atoms with Crippen LogP contribution in [0.1, 0.15) is 91.4 Å². The first-order valence-corrected chi connectivity index (χ1v) is 12.9. The van der Waals surface area contributed by atoms with Crippen molar-refractivity contribution in [1.82, 2.24) is 16.0 Å². The Kier molecular flexibility index (Phi) is 14.2. The number of aliphatic carboxylic acids is 1.